The van der Waals surface area contributed by atoms with Gasteiger partial charge in [0, 0.05) is 11.5 Å². The second-order valence-corrected chi connectivity index (χ2v) is 6.02. The number of nitrogen functional groups attached to an aromatic ring is 1. The maximum Gasteiger partial charge on any atom is 0.362 e. The number of aromatic nitrogens is 2. The van der Waals surface area contributed by atoms with E-state index in [4.69, 9.17) is 20.4 Å². The van der Waals surface area contributed by atoms with Gasteiger partial charge in [0.25, 0.3) is 0 Å². The van der Waals surface area contributed by atoms with Gasteiger partial charge in [-0.3, -0.25) is 0 Å². The fraction of sp³-hybridized carbons (Fsp3) is 0.583. The fourth-order valence-electron chi connectivity index (χ4n) is 1.27. The highest BCUT2D eigenvalue weighted by molar-refractivity contribution is 7.09. The van der Waals surface area contributed by atoms with Gasteiger partial charge in [-0.05, 0) is 27.2 Å². The van der Waals surface area contributed by atoms with Crippen molar-refractivity contribution in [3.8, 4) is 0 Å². The molecule has 1 rings (SSSR count). The van der Waals surface area contributed by atoms with Gasteiger partial charge in [-0.1, -0.05) is 12.1 Å². The van der Waals surface area contributed by atoms with Gasteiger partial charge in [-0.25, -0.2) is 9.59 Å². The topological polar surface area (TPSA) is 137 Å². The highest BCUT2D eigenvalue weighted by Crippen LogP contribution is 2.13. The third-order valence-electron chi connectivity index (χ3n) is 2.17. The van der Waals surface area contributed by atoms with Crippen molar-refractivity contribution < 1.29 is 24.3 Å². The monoisotopic (exact) mass is 330 g/mol. The number of hydrogen-bond donors (Lipinski definition) is 2. The molecule has 9 nitrogen and oxygen atoms in total. The Morgan fingerprint density at radius 3 is 2.50 bits per heavy atom. The molecule has 0 spiro atoms. The van der Waals surface area contributed by atoms with Gasteiger partial charge >= 0.3 is 11.9 Å². The van der Waals surface area contributed by atoms with Crippen molar-refractivity contribution in [2.24, 2.45) is 5.16 Å². The highest BCUT2D eigenvalue weighted by Gasteiger charge is 2.27. The Kier molecular flexibility index (Phi) is 5.80. The molecule has 1 heterocycles. The van der Waals surface area contributed by atoms with E-state index in [2.05, 4.69) is 14.5 Å². The number of anilines is 1. The molecule has 0 aliphatic rings. The zero-order valence-corrected chi connectivity index (χ0v) is 13.5. The predicted molar refractivity (Wildman–Crippen MR) is 79.5 cm³/mol. The Hall–Kier alpha value is -2.23. The van der Waals surface area contributed by atoms with Crippen LogP contribution in [0.25, 0.3) is 0 Å². The molecule has 0 amide bonds. The molecule has 0 fully saturated rings. The second-order valence-electron chi connectivity index (χ2n) is 5.24. The van der Waals surface area contributed by atoms with Crippen molar-refractivity contribution in [3.63, 3.8) is 0 Å². The predicted octanol–water partition coefficient (Wildman–Crippen LogP) is 1.05. The first kappa shape index (κ1) is 17.8. The molecular formula is C12H18N4O5S. The van der Waals surface area contributed by atoms with E-state index in [1.165, 1.54) is 0 Å². The molecule has 3 N–H and O–H groups in total. The minimum atomic E-state index is -1.39. The van der Waals surface area contributed by atoms with Gasteiger partial charge in [-0.2, -0.15) is 9.36 Å². The quantitative estimate of drug-likeness (QED) is 0.448. The number of rotatable bonds is 6. The molecule has 1 unspecified atom stereocenters. The van der Waals surface area contributed by atoms with E-state index in [-0.39, 0.29) is 17.4 Å². The maximum atomic E-state index is 11.9. The van der Waals surface area contributed by atoms with Crippen LogP contribution in [-0.2, 0) is 19.2 Å². The van der Waals surface area contributed by atoms with Crippen LogP contribution in [0.15, 0.2) is 5.16 Å². The zero-order valence-electron chi connectivity index (χ0n) is 12.7. The number of carboxylic acid groups (broad SMARTS) is 1. The lowest BCUT2D eigenvalue weighted by Gasteiger charge is -2.22. The summed E-state index contributed by atoms with van der Waals surface area (Å²) in [7, 11) is 0. The molecule has 1 atom stereocenters. The van der Waals surface area contributed by atoms with Crippen LogP contribution in [0.5, 0.6) is 0 Å². The van der Waals surface area contributed by atoms with Gasteiger partial charge < -0.3 is 20.4 Å². The molecule has 0 saturated heterocycles. The minimum absolute atomic E-state index is 0.100. The summed E-state index contributed by atoms with van der Waals surface area (Å²) in [6, 6.07) is 0. The van der Waals surface area contributed by atoms with E-state index < -0.39 is 29.4 Å². The summed E-state index contributed by atoms with van der Waals surface area (Å²) in [6.07, 6.45) is -0.762. The summed E-state index contributed by atoms with van der Waals surface area (Å²) in [5.74, 6) is -2.19. The summed E-state index contributed by atoms with van der Waals surface area (Å²) >= 11 is 0.830. The van der Waals surface area contributed by atoms with Crippen LogP contribution in [0.1, 0.15) is 39.9 Å². The van der Waals surface area contributed by atoms with Crippen molar-refractivity contribution in [1.29, 1.82) is 0 Å². The molecule has 122 valence electrons. The van der Waals surface area contributed by atoms with Crippen LogP contribution < -0.4 is 5.73 Å². The van der Waals surface area contributed by atoms with Gasteiger partial charge in [0.1, 0.15) is 5.60 Å². The van der Waals surface area contributed by atoms with E-state index in [0.29, 0.717) is 0 Å². The third kappa shape index (κ3) is 5.28. The second kappa shape index (κ2) is 7.16. The molecule has 0 aliphatic carbocycles. The Balaban J connectivity index is 2.88. The van der Waals surface area contributed by atoms with Crippen LogP contribution >= 0.6 is 11.5 Å². The SMILES string of the molecule is CCC(O/N=C(\C(=O)O)c1nsc(N)n1)C(=O)OC(C)(C)C. The van der Waals surface area contributed by atoms with Crippen LogP contribution in [-0.4, -0.2) is 43.8 Å². The number of nitrogens with two attached hydrogens (primary N) is 1. The number of esters is 1. The van der Waals surface area contributed by atoms with E-state index in [1.807, 2.05) is 0 Å². The normalized spacial score (nSPS) is 13.5. The van der Waals surface area contributed by atoms with Crippen molar-refractivity contribution >= 4 is 34.3 Å². The summed E-state index contributed by atoms with van der Waals surface area (Å²) in [6.45, 7) is 6.83. The van der Waals surface area contributed by atoms with Crippen molar-refractivity contribution in [1.82, 2.24) is 9.36 Å². The van der Waals surface area contributed by atoms with E-state index in [1.54, 1.807) is 27.7 Å². The fourth-order valence-corrected chi connectivity index (χ4v) is 1.71. The van der Waals surface area contributed by atoms with Crippen molar-refractivity contribution in [2.75, 3.05) is 5.73 Å². The van der Waals surface area contributed by atoms with Crippen LogP contribution in [0, 0.1) is 0 Å². The summed E-state index contributed by atoms with van der Waals surface area (Å²) in [5.41, 5.74) is 4.18. The molecular weight excluding hydrogens is 312 g/mol. The van der Waals surface area contributed by atoms with E-state index in [0.717, 1.165) is 11.5 Å². The van der Waals surface area contributed by atoms with Crippen LogP contribution in [0.3, 0.4) is 0 Å². The van der Waals surface area contributed by atoms with Crippen molar-refractivity contribution in [2.45, 2.75) is 45.8 Å². The number of aliphatic carboxylic acids is 1. The number of carbonyl (C=O) groups is 2. The Morgan fingerprint density at radius 2 is 2.09 bits per heavy atom. The first-order chi connectivity index (χ1) is 10.1. The summed E-state index contributed by atoms with van der Waals surface area (Å²) in [5, 5.41) is 12.7. The standard InChI is InChI=1S/C12H18N4O5S/c1-5-6(10(19)20-12(2,3)4)21-15-7(9(17)18)8-14-11(13)22-16-8/h6H,5H2,1-4H3,(H,17,18)(H2,13,14,16)/b15-7-. The number of ether oxygens (including phenoxy) is 1. The van der Waals surface area contributed by atoms with Crippen molar-refractivity contribution in [3.05, 3.63) is 5.82 Å². The van der Waals surface area contributed by atoms with Gasteiger partial charge in [-0.15, -0.1) is 0 Å². The smallest absolute Gasteiger partial charge is 0.362 e. The Morgan fingerprint density at radius 1 is 1.45 bits per heavy atom. The number of carbonyl (C=O) groups excluding carboxylic acids is 1. The Labute approximate surface area is 131 Å². The largest absolute Gasteiger partial charge is 0.476 e. The van der Waals surface area contributed by atoms with E-state index in [9.17, 15) is 9.59 Å². The van der Waals surface area contributed by atoms with Gasteiger partial charge in [0.15, 0.2) is 5.13 Å². The van der Waals surface area contributed by atoms with Crippen LogP contribution in [0.2, 0.25) is 0 Å². The molecule has 0 aromatic carbocycles. The van der Waals surface area contributed by atoms with E-state index >= 15 is 0 Å². The molecule has 0 radical (unpaired) electrons. The first-order valence-electron chi connectivity index (χ1n) is 6.43. The lowest BCUT2D eigenvalue weighted by Crippen LogP contribution is -2.32. The molecule has 0 saturated carbocycles. The molecule has 1 aromatic heterocycles. The Bertz CT molecular complexity index is 578. The number of hydrogen-bond acceptors (Lipinski definition) is 9. The highest BCUT2D eigenvalue weighted by atomic mass is 32.1. The molecule has 0 aliphatic heterocycles. The summed E-state index contributed by atoms with van der Waals surface area (Å²) in [4.78, 5) is 31.8. The average molecular weight is 330 g/mol. The van der Waals surface area contributed by atoms with Gasteiger partial charge in [0.2, 0.25) is 17.6 Å². The lowest BCUT2D eigenvalue weighted by atomic mass is 10.2. The molecule has 1 aromatic rings. The first-order valence-corrected chi connectivity index (χ1v) is 7.21. The maximum absolute atomic E-state index is 11.9. The molecule has 10 heteroatoms. The molecule has 22 heavy (non-hydrogen) atoms. The van der Waals surface area contributed by atoms with Crippen LogP contribution in [0.4, 0.5) is 5.13 Å². The number of nitrogens with zero attached hydrogens (tertiary/aromatic N) is 3. The average Bonchev–Trinajstić information content (AvgIpc) is 2.78. The lowest BCUT2D eigenvalue weighted by molar-refractivity contribution is -0.169. The summed E-state index contributed by atoms with van der Waals surface area (Å²) < 4.78 is 8.91. The molecule has 0 bridgehead atoms. The zero-order chi connectivity index (χ0) is 16.9. The van der Waals surface area contributed by atoms with Gasteiger partial charge in [0.05, 0.1) is 0 Å². The number of oxime groups is 1. The number of carboxylic acids is 1. The minimum Gasteiger partial charge on any atom is -0.476 e. The third-order valence-corrected chi connectivity index (χ3v) is 2.71.